The van der Waals surface area contributed by atoms with Gasteiger partial charge in [-0.15, -0.1) is 0 Å². The van der Waals surface area contributed by atoms with Crippen LogP contribution in [0.4, 0.5) is 11.6 Å². The van der Waals surface area contributed by atoms with Gasteiger partial charge in [-0.2, -0.15) is 0 Å². The number of benzene rings is 1. The smallest absolute Gasteiger partial charge is 0.274 e. The number of hydrogen-bond acceptors (Lipinski definition) is 4. The lowest BCUT2D eigenvalue weighted by Gasteiger charge is -2.13. The van der Waals surface area contributed by atoms with E-state index in [1.807, 2.05) is 13.0 Å². The highest BCUT2D eigenvalue weighted by atomic mass is 35.5. The zero-order valence-electron chi connectivity index (χ0n) is 14.9. The van der Waals surface area contributed by atoms with Crippen molar-refractivity contribution >= 4 is 29.1 Å². The molecule has 0 radical (unpaired) electrons. The maximum Gasteiger partial charge on any atom is 0.274 e. The molecule has 26 heavy (non-hydrogen) atoms. The first-order valence-electron chi connectivity index (χ1n) is 8.94. The minimum atomic E-state index is -0.268. The van der Waals surface area contributed by atoms with E-state index in [0.717, 1.165) is 24.2 Å². The number of aromatic nitrogens is 2. The Morgan fingerprint density at radius 3 is 2.92 bits per heavy atom. The van der Waals surface area contributed by atoms with Crippen LogP contribution < -0.4 is 10.6 Å². The van der Waals surface area contributed by atoms with E-state index in [1.165, 1.54) is 31.3 Å². The van der Waals surface area contributed by atoms with Crippen LogP contribution in [0, 0.1) is 6.92 Å². The van der Waals surface area contributed by atoms with Crippen LogP contribution >= 0.6 is 11.6 Å². The number of nitrogens with zero attached hydrogens (tertiary/aromatic N) is 2. The molecule has 0 bridgehead atoms. The van der Waals surface area contributed by atoms with Gasteiger partial charge in [0.25, 0.3) is 5.91 Å². The Labute approximate surface area is 158 Å². The topological polar surface area (TPSA) is 66.9 Å². The molecule has 1 amide bonds. The average molecular weight is 371 g/mol. The van der Waals surface area contributed by atoms with Crippen LogP contribution in [0.15, 0.2) is 42.1 Å². The average Bonchev–Trinajstić information content (AvgIpc) is 2.65. The second-order valence-corrected chi connectivity index (χ2v) is 6.90. The fourth-order valence-corrected chi connectivity index (χ4v) is 3.22. The molecule has 136 valence electrons. The van der Waals surface area contributed by atoms with Gasteiger partial charge in [-0.25, -0.2) is 9.97 Å². The highest BCUT2D eigenvalue weighted by Gasteiger charge is 2.11. The van der Waals surface area contributed by atoms with E-state index in [1.54, 1.807) is 24.4 Å². The molecule has 0 unspecified atom stereocenters. The van der Waals surface area contributed by atoms with Gasteiger partial charge in [0.2, 0.25) is 5.95 Å². The number of hydrogen-bond donors (Lipinski definition) is 2. The number of rotatable bonds is 6. The number of carbonyl (C=O) groups excluding carboxylic acids is 1. The van der Waals surface area contributed by atoms with E-state index < -0.39 is 0 Å². The van der Waals surface area contributed by atoms with Crippen LogP contribution in [-0.4, -0.2) is 22.4 Å². The van der Waals surface area contributed by atoms with Gasteiger partial charge in [-0.05, 0) is 68.9 Å². The van der Waals surface area contributed by atoms with Crippen molar-refractivity contribution in [2.24, 2.45) is 0 Å². The zero-order chi connectivity index (χ0) is 18.4. The van der Waals surface area contributed by atoms with Crippen molar-refractivity contribution in [3.8, 4) is 0 Å². The molecule has 0 fully saturated rings. The van der Waals surface area contributed by atoms with Crippen molar-refractivity contribution in [1.29, 1.82) is 0 Å². The normalized spacial score (nSPS) is 13.8. The monoisotopic (exact) mass is 370 g/mol. The molecule has 0 atom stereocenters. The van der Waals surface area contributed by atoms with Gasteiger partial charge in [0.1, 0.15) is 5.69 Å². The van der Waals surface area contributed by atoms with E-state index in [-0.39, 0.29) is 5.91 Å². The number of amides is 1. The molecule has 6 heteroatoms. The SMILES string of the molecule is Cc1cc(Cl)ccc1NC(=O)c1ccnc(NCCC2=CCCCC2)n1. The summed E-state index contributed by atoms with van der Waals surface area (Å²) in [4.78, 5) is 21.0. The predicted molar refractivity (Wildman–Crippen MR) is 106 cm³/mol. The summed E-state index contributed by atoms with van der Waals surface area (Å²) in [5.41, 5.74) is 3.44. The van der Waals surface area contributed by atoms with Gasteiger partial charge in [0.15, 0.2) is 0 Å². The summed E-state index contributed by atoms with van der Waals surface area (Å²) in [6.45, 7) is 2.67. The summed E-state index contributed by atoms with van der Waals surface area (Å²) < 4.78 is 0. The van der Waals surface area contributed by atoms with Crippen molar-refractivity contribution in [3.63, 3.8) is 0 Å². The first kappa shape index (κ1) is 18.4. The minimum absolute atomic E-state index is 0.268. The summed E-state index contributed by atoms with van der Waals surface area (Å²) >= 11 is 5.95. The van der Waals surface area contributed by atoms with Gasteiger partial charge in [0, 0.05) is 23.5 Å². The van der Waals surface area contributed by atoms with Crippen molar-refractivity contribution < 1.29 is 4.79 Å². The standard InChI is InChI=1S/C20H23ClN4O/c1-14-13-16(21)7-8-17(14)24-19(26)18-10-12-23-20(25-18)22-11-9-15-5-3-2-4-6-15/h5,7-8,10,12-13H,2-4,6,9,11H2,1H3,(H,24,26)(H,22,23,25). The second-order valence-electron chi connectivity index (χ2n) is 6.46. The lowest BCUT2D eigenvalue weighted by Crippen LogP contribution is -2.16. The Morgan fingerprint density at radius 2 is 2.15 bits per heavy atom. The Balaban J connectivity index is 1.59. The summed E-state index contributed by atoms with van der Waals surface area (Å²) in [7, 11) is 0. The molecule has 0 saturated heterocycles. The number of allylic oxidation sites excluding steroid dienone is 1. The van der Waals surface area contributed by atoms with E-state index in [2.05, 4.69) is 26.7 Å². The number of aryl methyl sites for hydroxylation is 1. The van der Waals surface area contributed by atoms with Crippen LogP contribution in [0.3, 0.4) is 0 Å². The fourth-order valence-electron chi connectivity index (χ4n) is 2.99. The summed E-state index contributed by atoms with van der Waals surface area (Å²) in [6, 6.07) is 6.95. The molecule has 2 N–H and O–H groups in total. The van der Waals surface area contributed by atoms with Crippen molar-refractivity contribution in [3.05, 3.63) is 58.4 Å². The third kappa shape index (κ3) is 5.05. The lowest BCUT2D eigenvalue weighted by atomic mass is 9.97. The molecule has 1 aromatic carbocycles. The fraction of sp³-hybridized carbons (Fsp3) is 0.350. The van der Waals surface area contributed by atoms with Crippen LogP contribution in [0.2, 0.25) is 5.02 Å². The Morgan fingerprint density at radius 1 is 1.27 bits per heavy atom. The maximum atomic E-state index is 12.5. The molecule has 0 spiro atoms. The van der Waals surface area contributed by atoms with Crippen molar-refractivity contribution in [2.75, 3.05) is 17.2 Å². The van der Waals surface area contributed by atoms with Crippen LogP contribution in [0.25, 0.3) is 0 Å². The van der Waals surface area contributed by atoms with E-state index in [4.69, 9.17) is 11.6 Å². The molecule has 3 rings (SSSR count). The van der Waals surface area contributed by atoms with E-state index >= 15 is 0 Å². The largest absolute Gasteiger partial charge is 0.354 e. The number of anilines is 2. The number of carbonyl (C=O) groups is 1. The lowest BCUT2D eigenvalue weighted by molar-refractivity contribution is 0.102. The Bertz CT molecular complexity index is 819. The molecule has 0 saturated carbocycles. The summed E-state index contributed by atoms with van der Waals surface area (Å²) in [5.74, 6) is 0.206. The molecule has 1 aliphatic rings. The Kier molecular flexibility index (Phi) is 6.23. The highest BCUT2D eigenvalue weighted by Crippen LogP contribution is 2.21. The third-order valence-electron chi connectivity index (χ3n) is 4.44. The maximum absolute atomic E-state index is 12.5. The quantitative estimate of drug-likeness (QED) is 0.702. The summed E-state index contributed by atoms with van der Waals surface area (Å²) in [6.07, 6.45) is 9.87. The third-order valence-corrected chi connectivity index (χ3v) is 4.67. The predicted octanol–water partition coefficient (Wildman–Crippen LogP) is 4.99. The highest BCUT2D eigenvalue weighted by molar-refractivity contribution is 6.30. The number of nitrogens with one attached hydrogen (secondary N) is 2. The molecule has 5 nitrogen and oxygen atoms in total. The van der Waals surface area contributed by atoms with Crippen molar-refractivity contribution in [1.82, 2.24) is 9.97 Å². The van der Waals surface area contributed by atoms with Gasteiger partial charge < -0.3 is 10.6 Å². The zero-order valence-corrected chi connectivity index (χ0v) is 15.6. The van der Waals surface area contributed by atoms with Crippen LogP contribution in [-0.2, 0) is 0 Å². The van der Waals surface area contributed by atoms with E-state index in [9.17, 15) is 4.79 Å². The molecule has 1 aromatic heterocycles. The van der Waals surface area contributed by atoms with Gasteiger partial charge in [0.05, 0.1) is 0 Å². The van der Waals surface area contributed by atoms with Gasteiger partial charge in [-0.3, -0.25) is 4.79 Å². The molecule has 1 heterocycles. The second kappa shape index (κ2) is 8.81. The molecule has 1 aliphatic carbocycles. The first-order valence-corrected chi connectivity index (χ1v) is 9.32. The molecular weight excluding hydrogens is 348 g/mol. The van der Waals surface area contributed by atoms with Crippen LogP contribution in [0.5, 0.6) is 0 Å². The van der Waals surface area contributed by atoms with Crippen molar-refractivity contribution in [2.45, 2.75) is 39.0 Å². The Hall–Kier alpha value is -2.40. The first-order chi connectivity index (χ1) is 12.6. The van der Waals surface area contributed by atoms with Crippen LogP contribution in [0.1, 0.15) is 48.2 Å². The molecule has 0 aliphatic heterocycles. The minimum Gasteiger partial charge on any atom is -0.354 e. The number of halogens is 1. The summed E-state index contributed by atoms with van der Waals surface area (Å²) in [5, 5.41) is 6.71. The molecule has 2 aromatic rings. The van der Waals surface area contributed by atoms with E-state index in [0.29, 0.717) is 16.7 Å². The van der Waals surface area contributed by atoms with Gasteiger partial charge in [-0.1, -0.05) is 23.3 Å². The molecular formula is C20H23ClN4O. The van der Waals surface area contributed by atoms with Gasteiger partial charge >= 0.3 is 0 Å².